The van der Waals surface area contributed by atoms with Crippen LogP contribution in [0.15, 0.2) is 18.2 Å². The van der Waals surface area contributed by atoms with Gasteiger partial charge in [0.05, 0.1) is 0 Å². The van der Waals surface area contributed by atoms with Crippen LogP contribution in [0.5, 0.6) is 0 Å². The number of nitrogens with one attached hydrogen (secondary N) is 1. The topological polar surface area (TPSA) is 29.1 Å². The molecule has 1 saturated heterocycles. The third kappa shape index (κ3) is 2.00. The summed E-state index contributed by atoms with van der Waals surface area (Å²) in [7, 11) is 0. The molecule has 86 valence electrons. The van der Waals surface area contributed by atoms with Gasteiger partial charge in [0, 0.05) is 11.5 Å². The van der Waals surface area contributed by atoms with Crippen LogP contribution in [0.25, 0.3) is 0 Å². The van der Waals surface area contributed by atoms with E-state index < -0.39 is 0 Å². The zero-order valence-electron chi connectivity index (χ0n) is 9.59. The number of ketones is 1. The van der Waals surface area contributed by atoms with E-state index in [0.29, 0.717) is 11.5 Å². The number of hydrogen-bond donors (Lipinski definition) is 1. The Labute approximate surface area is 94.9 Å². The number of rotatable bonds is 3. The smallest absolute Gasteiger partial charge is 0.166 e. The number of hydrogen-bond acceptors (Lipinski definition) is 2. The Morgan fingerprint density at radius 3 is 2.69 bits per heavy atom. The van der Waals surface area contributed by atoms with Gasteiger partial charge in [-0.15, -0.1) is 0 Å². The molecule has 2 rings (SSSR count). The second-order valence-corrected chi connectivity index (χ2v) is 4.53. The van der Waals surface area contributed by atoms with Crippen molar-refractivity contribution in [2.75, 3.05) is 13.1 Å². The Hall–Kier alpha value is -1.22. The third-order valence-corrected chi connectivity index (χ3v) is 3.39. The van der Waals surface area contributed by atoms with Gasteiger partial charge in [0.1, 0.15) is 5.82 Å². The average Bonchev–Trinajstić information content (AvgIpc) is 2.14. The Kier molecular flexibility index (Phi) is 3.06. The van der Waals surface area contributed by atoms with E-state index in [2.05, 4.69) is 5.32 Å². The van der Waals surface area contributed by atoms with Gasteiger partial charge < -0.3 is 5.32 Å². The molecule has 3 heteroatoms. The lowest BCUT2D eigenvalue weighted by Gasteiger charge is -2.32. The van der Waals surface area contributed by atoms with Gasteiger partial charge in [-0.2, -0.15) is 0 Å². The summed E-state index contributed by atoms with van der Waals surface area (Å²) in [6.45, 7) is 5.55. The number of carbonyl (C=O) groups is 1. The maximum absolute atomic E-state index is 12.9. The minimum atomic E-state index is -0.285. The first-order chi connectivity index (χ1) is 7.59. The second kappa shape index (κ2) is 4.34. The fourth-order valence-corrected chi connectivity index (χ4v) is 2.03. The van der Waals surface area contributed by atoms with Crippen molar-refractivity contribution in [3.63, 3.8) is 0 Å². The Morgan fingerprint density at radius 2 is 2.19 bits per heavy atom. The molecule has 1 N–H and O–H groups in total. The molecular weight excluding hydrogens is 205 g/mol. The van der Waals surface area contributed by atoms with E-state index in [4.69, 9.17) is 0 Å². The van der Waals surface area contributed by atoms with Crippen LogP contribution in [0, 0.1) is 24.6 Å². The molecule has 1 aromatic rings. The first kappa shape index (κ1) is 11.3. The molecule has 0 radical (unpaired) electrons. The summed E-state index contributed by atoms with van der Waals surface area (Å²) in [6, 6.07) is 4.36. The van der Waals surface area contributed by atoms with Crippen molar-refractivity contribution in [3.8, 4) is 0 Å². The molecule has 1 aliphatic heterocycles. The number of halogens is 1. The minimum Gasteiger partial charge on any atom is -0.316 e. The van der Waals surface area contributed by atoms with Crippen molar-refractivity contribution < 1.29 is 9.18 Å². The molecule has 0 spiro atoms. The van der Waals surface area contributed by atoms with Crippen molar-refractivity contribution in [1.29, 1.82) is 0 Å². The fourth-order valence-electron chi connectivity index (χ4n) is 2.03. The Bertz CT molecular complexity index is 412. The second-order valence-electron chi connectivity index (χ2n) is 4.53. The van der Waals surface area contributed by atoms with Gasteiger partial charge in [0.2, 0.25) is 0 Å². The van der Waals surface area contributed by atoms with E-state index in [-0.39, 0.29) is 17.5 Å². The summed E-state index contributed by atoms with van der Waals surface area (Å²) in [5.74, 6) is 0.290. The number of aryl methyl sites for hydroxylation is 1. The molecule has 0 aromatic heterocycles. The lowest BCUT2D eigenvalue weighted by Crippen LogP contribution is -2.47. The maximum Gasteiger partial charge on any atom is 0.166 e. The fraction of sp³-hybridized carbons (Fsp3) is 0.462. The summed E-state index contributed by atoms with van der Waals surface area (Å²) in [5.41, 5.74) is 1.38. The van der Waals surface area contributed by atoms with Crippen LogP contribution >= 0.6 is 0 Å². The minimum absolute atomic E-state index is 0.0189. The van der Waals surface area contributed by atoms with Gasteiger partial charge >= 0.3 is 0 Å². The molecule has 0 aliphatic carbocycles. The van der Waals surface area contributed by atoms with E-state index in [9.17, 15) is 9.18 Å². The van der Waals surface area contributed by atoms with E-state index in [1.165, 1.54) is 12.1 Å². The molecule has 16 heavy (non-hydrogen) atoms. The summed E-state index contributed by atoms with van der Waals surface area (Å²) < 4.78 is 12.9. The number of carbonyl (C=O) groups excluding carboxylic acids is 1. The zero-order valence-corrected chi connectivity index (χ0v) is 9.59. The van der Waals surface area contributed by atoms with Crippen molar-refractivity contribution in [2.45, 2.75) is 13.8 Å². The molecule has 1 aliphatic rings. The SMILES string of the molecule is Cc1cc(F)ccc1C(=O)C(C)C1CNC1. The van der Waals surface area contributed by atoms with E-state index >= 15 is 0 Å². The summed E-state index contributed by atoms with van der Waals surface area (Å²) in [4.78, 5) is 12.2. The van der Waals surface area contributed by atoms with Gasteiger partial charge in [-0.3, -0.25) is 4.79 Å². The van der Waals surface area contributed by atoms with Crippen molar-refractivity contribution in [2.24, 2.45) is 11.8 Å². The van der Waals surface area contributed by atoms with E-state index in [1.807, 2.05) is 6.92 Å². The highest BCUT2D eigenvalue weighted by atomic mass is 19.1. The molecule has 1 aromatic carbocycles. The molecule has 1 heterocycles. The van der Waals surface area contributed by atoms with Crippen LogP contribution in [0.1, 0.15) is 22.8 Å². The van der Waals surface area contributed by atoms with Gasteiger partial charge in [0.15, 0.2) is 5.78 Å². The molecule has 0 bridgehead atoms. The van der Waals surface area contributed by atoms with Crippen LogP contribution in [0.4, 0.5) is 4.39 Å². The van der Waals surface area contributed by atoms with Gasteiger partial charge in [-0.1, -0.05) is 6.92 Å². The lowest BCUT2D eigenvalue weighted by molar-refractivity contribution is 0.0853. The van der Waals surface area contributed by atoms with Crippen molar-refractivity contribution in [1.82, 2.24) is 5.32 Å². The normalized spacial score (nSPS) is 17.9. The number of Topliss-reactive ketones (excluding diaryl/α,β-unsaturated/α-hetero) is 1. The molecule has 1 atom stereocenters. The first-order valence-electron chi connectivity index (χ1n) is 5.60. The summed E-state index contributed by atoms with van der Waals surface area (Å²) >= 11 is 0. The van der Waals surface area contributed by atoms with Crippen LogP contribution in [-0.2, 0) is 0 Å². The Balaban J connectivity index is 2.19. The standard InChI is InChI=1S/C13H16FNO/c1-8-5-11(14)3-4-12(8)13(16)9(2)10-6-15-7-10/h3-5,9-10,15H,6-7H2,1-2H3. The molecular formula is C13H16FNO. The molecule has 2 nitrogen and oxygen atoms in total. The molecule has 1 fully saturated rings. The molecule has 1 unspecified atom stereocenters. The lowest BCUT2D eigenvalue weighted by atomic mass is 9.82. The van der Waals surface area contributed by atoms with Crippen LogP contribution in [0.2, 0.25) is 0 Å². The van der Waals surface area contributed by atoms with Gasteiger partial charge in [-0.25, -0.2) is 4.39 Å². The monoisotopic (exact) mass is 221 g/mol. The Morgan fingerprint density at radius 1 is 1.50 bits per heavy atom. The van der Waals surface area contributed by atoms with Gasteiger partial charge in [0.25, 0.3) is 0 Å². The van der Waals surface area contributed by atoms with Crippen molar-refractivity contribution in [3.05, 3.63) is 35.1 Å². The van der Waals surface area contributed by atoms with E-state index in [0.717, 1.165) is 18.7 Å². The van der Waals surface area contributed by atoms with Crippen molar-refractivity contribution >= 4 is 5.78 Å². The van der Waals surface area contributed by atoms with Gasteiger partial charge in [-0.05, 0) is 49.7 Å². The first-order valence-corrected chi connectivity index (χ1v) is 5.60. The molecule has 0 saturated carbocycles. The van der Waals surface area contributed by atoms with Crippen LogP contribution in [0.3, 0.4) is 0 Å². The van der Waals surface area contributed by atoms with Crippen LogP contribution < -0.4 is 5.32 Å². The predicted octanol–water partition coefficient (Wildman–Crippen LogP) is 2.17. The largest absolute Gasteiger partial charge is 0.316 e. The highest BCUT2D eigenvalue weighted by Gasteiger charge is 2.29. The third-order valence-electron chi connectivity index (χ3n) is 3.39. The van der Waals surface area contributed by atoms with Crippen LogP contribution in [-0.4, -0.2) is 18.9 Å². The highest BCUT2D eigenvalue weighted by molar-refractivity contribution is 5.99. The summed E-state index contributed by atoms with van der Waals surface area (Å²) in [6.07, 6.45) is 0. The summed E-state index contributed by atoms with van der Waals surface area (Å²) in [5, 5.41) is 3.16. The molecule has 0 amide bonds. The highest BCUT2D eigenvalue weighted by Crippen LogP contribution is 2.22. The predicted molar refractivity (Wildman–Crippen MR) is 61.0 cm³/mol. The zero-order chi connectivity index (χ0) is 11.7. The number of benzene rings is 1. The average molecular weight is 221 g/mol. The van der Waals surface area contributed by atoms with E-state index in [1.54, 1.807) is 13.0 Å². The quantitative estimate of drug-likeness (QED) is 0.792. The maximum atomic E-state index is 12.9.